The van der Waals surface area contributed by atoms with Crippen LogP contribution in [0.5, 0.6) is 0 Å². The Kier molecular flexibility index (Phi) is 2.54. The summed E-state index contributed by atoms with van der Waals surface area (Å²) in [5.74, 6) is -0.0129. The second kappa shape index (κ2) is 3.88. The fourth-order valence-electron chi connectivity index (χ4n) is 2.15. The Bertz CT molecular complexity index is 623. The molecule has 3 nitrogen and oxygen atoms in total. The minimum atomic E-state index is -0.0129. The predicted molar refractivity (Wildman–Crippen MR) is 63.0 cm³/mol. The number of ketones is 1. The van der Waals surface area contributed by atoms with Crippen molar-refractivity contribution in [3.05, 3.63) is 40.0 Å². The Morgan fingerprint density at radius 1 is 1.24 bits per heavy atom. The van der Waals surface area contributed by atoms with E-state index < -0.39 is 0 Å². The van der Waals surface area contributed by atoms with Crippen molar-refractivity contribution in [2.24, 2.45) is 0 Å². The van der Waals surface area contributed by atoms with Gasteiger partial charge in [0.05, 0.1) is 0 Å². The first-order chi connectivity index (χ1) is 8.10. The molecule has 0 unspecified atom stereocenters. The molecular formula is C14H10N2O. The minimum Gasteiger partial charge on any atom is -0.294 e. The zero-order chi connectivity index (χ0) is 12.6. The fourth-order valence-corrected chi connectivity index (χ4v) is 2.15. The molecule has 0 N–H and O–H groups in total. The molecule has 0 saturated heterocycles. The van der Waals surface area contributed by atoms with Crippen molar-refractivity contribution in [2.45, 2.75) is 20.3 Å². The average Bonchev–Trinajstić information content (AvgIpc) is 2.64. The first kappa shape index (κ1) is 11.1. The number of benzene rings is 1. The molecule has 17 heavy (non-hydrogen) atoms. The van der Waals surface area contributed by atoms with Crippen LogP contribution in [-0.2, 0) is 0 Å². The van der Waals surface area contributed by atoms with Crippen molar-refractivity contribution in [1.82, 2.24) is 0 Å². The van der Waals surface area contributed by atoms with Gasteiger partial charge in [-0.1, -0.05) is 12.1 Å². The van der Waals surface area contributed by atoms with Crippen LogP contribution in [0.4, 0.5) is 0 Å². The van der Waals surface area contributed by atoms with Gasteiger partial charge in [0.2, 0.25) is 0 Å². The summed E-state index contributed by atoms with van der Waals surface area (Å²) in [6, 6.07) is 7.41. The number of fused-ring (bicyclic) bond motifs is 1. The van der Waals surface area contributed by atoms with Gasteiger partial charge in [0.1, 0.15) is 17.7 Å². The topological polar surface area (TPSA) is 64.7 Å². The Morgan fingerprint density at radius 2 is 1.88 bits per heavy atom. The quantitative estimate of drug-likeness (QED) is 0.634. The van der Waals surface area contributed by atoms with Crippen LogP contribution in [0.15, 0.2) is 17.7 Å². The number of hydrogen-bond donors (Lipinski definition) is 0. The van der Waals surface area contributed by atoms with Crippen molar-refractivity contribution in [1.29, 1.82) is 10.5 Å². The van der Waals surface area contributed by atoms with Gasteiger partial charge in [-0.25, -0.2) is 0 Å². The molecule has 2 rings (SSSR count). The van der Waals surface area contributed by atoms with E-state index in [0.717, 1.165) is 16.7 Å². The zero-order valence-corrected chi connectivity index (χ0v) is 9.66. The molecular weight excluding hydrogens is 212 g/mol. The number of carbonyl (C=O) groups is 1. The Balaban J connectivity index is 2.84. The van der Waals surface area contributed by atoms with Crippen molar-refractivity contribution in [3.8, 4) is 12.1 Å². The third-order valence-electron chi connectivity index (χ3n) is 3.20. The van der Waals surface area contributed by atoms with E-state index in [1.54, 1.807) is 6.07 Å². The fraction of sp³-hybridized carbons (Fsp3) is 0.214. The van der Waals surface area contributed by atoms with E-state index in [0.29, 0.717) is 11.1 Å². The smallest absolute Gasteiger partial charge is 0.167 e. The third-order valence-corrected chi connectivity index (χ3v) is 3.20. The van der Waals surface area contributed by atoms with Crippen LogP contribution in [0.25, 0.3) is 5.57 Å². The predicted octanol–water partition coefficient (Wildman–Crippen LogP) is 2.69. The van der Waals surface area contributed by atoms with Crippen LogP contribution in [0.3, 0.4) is 0 Å². The summed E-state index contributed by atoms with van der Waals surface area (Å²) < 4.78 is 0. The van der Waals surface area contributed by atoms with Gasteiger partial charge < -0.3 is 0 Å². The second-order valence-corrected chi connectivity index (χ2v) is 4.11. The Labute approximate surface area is 99.6 Å². The maximum Gasteiger partial charge on any atom is 0.167 e. The van der Waals surface area contributed by atoms with Crippen molar-refractivity contribution < 1.29 is 4.79 Å². The van der Waals surface area contributed by atoms with Crippen molar-refractivity contribution >= 4 is 11.4 Å². The van der Waals surface area contributed by atoms with Crippen LogP contribution in [0.2, 0.25) is 0 Å². The molecule has 0 heterocycles. The van der Waals surface area contributed by atoms with E-state index in [4.69, 9.17) is 10.5 Å². The van der Waals surface area contributed by atoms with E-state index in [9.17, 15) is 4.79 Å². The van der Waals surface area contributed by atoms with E-state index in [1.165, 1.54) is 0 Å². The molecule has 1 aliphatic carbocycles. The van der Waals surface area contributed by atoms with Crippen molar-refractivity contribution in [2.75, 3.05) is 0 Å². The number of rotatable bonds is 0. The summed E-state index contributed by atoms with van der Waals surface area (Å²) in [5, 5.41) is 17.8. The number of Topliss-reactive ketones (excluding diaryl/α,β-unsaturated/α-hetero) is 1. The Hall–Kier alpha value is -2.39. The van der Waals surface area contributed by atoms with Crippen LogP contribution in [0, 0.1) is 36.5 Å². The largest absolute Gasteiger partial charge is 0.294 e. The molecule has 1 aliphatic rings. The highest BCUT2D eigenvalue weighted by Crippen LogP contribution is 2.37. The summed E-state index contributed by atoms with van der Waals surface area (Å²) >= 11 is 0. The summed E-state index contributed by atoms with van der Waals surface area (Å²) in [5.41, 5.74) is 4.08. The van der Waals surface area contributed by atoms with Crippen LogP contribution < -0.4 is 0 Å². The molecule has 1 aromatic rings. The van der Waals surface area contributed by atoms with Gasteiger partial charge in [0.15, 0.2) is 5.78 Å². The van der Waals surface area contributed by atoms with Gasteiger partial charge in [0.25, 0.3) is 0 Å². The lowest BCUT2D eigenvalue weighted by Crippen LogP contribution is -1.94. The minimum absolute atomic E-state index is 0.0129. The number of nitriles is 2. The molecule has 0 spiro atoms. The first-order valence-corrected chi connectivity index (χ1v) is 5.27. The molecule has 0 amide bonds. The lowest BCUT2D eigenvalue weighted by Gasteiger charge is -2.07. The van der Waals surface area contributed by atoms with Crippen molar-refractivity contribution in [3.63, 3.8) is 0 Å². The van der Waals surface area contributed by atoms with E-state index in [-0.39, 0.29) is 17.8 Å². The number of aryl methyl sites for hydroxylation is 1. The molecule has 0 aliphatic heterocycles. The highest BCUT2D eigenvalue weighted by atomic mass is 16.1. The Morgan fingerprint density at radius 3 is 2.47 bits per heavy atom. The van der Waals surface area contributed by atoms with Gasteiger partial charge in [-0.2, -0.15) is 10.5 Å². The van der Waals surface area contributed by atoms with E-state index in [2.05, 4.69) is 0 Å². The molecule has 0 bridgehead atoms. The van der Waals surface area contributed by atoms with Gasteiger partial charge in [-0.05, 0) is 36.1 Å². The molecule has 0 saturated carbocycles. The lowest BCUT2D eigenvalue weighted by molar-refractivity contribution is 0.100. The number of allylic oxidation sites excluding steroid dienone is 2. The van der Waals surface area contributed by atoms with Gasteiger partial charge in [0, 0.05) is 12.0 Å². The molecule has 0 radical (unpaired) electrons. The molecule has 82 valence electrons. The monoisotopic (exact) mass is 222 g/mol. The second-order valence-electron chi connectivity index (χ2n) is 4.11. The highest BCUT2D eigenvalue weighted by Gasteiger charge is 2.28. The highest BCUT2D eigenvalue weighted by molar-refractivity contribution is 6.13. The van der Waals surface area contributed by atoms with Crippen LogP contribution in [0.1, 0.15) is 33.5 Å². The maximum absolute atomic E-state index is 11.8. The van der Waals surface area contributed by atoms with Gasteiger partial charge >= 0.3 is 0 Å². The molecule has 1 aromatic carbocycles. The number of nitrogens with zero attached hydrogens (tertiary/aromatic N) is 2. The molecule has 0 aromatic heterocycles. The maximum atomic E-state index is 11.8. The summed E-state index contributed by atoms with van der Waals surface area (Å²) in [4.78, 5) is 11.8. The molecule has 3 heteroatoms. The number of hydrogen-bond acceptors (Lipinski definition) is 3. The lowest BCUT2D eigenvalue weighted by atomic mass is 9.95. The summed E-state index contributed by atoms with van der Waals surface area (Å²) in [6.07, 6.45) is 0.163. The number of carbonyl (C=O) groups excluding carboxylic acids is 1. The normalized spacial score (nSPS) is 12.9. The summed E-state index contributed by atoms with van der Waals surface area (Å²) in [7, 11) is 0. The summed E-state index contributed by atoms with van der Waals surface area (Å²) in [6.45, 7) is 3.87. The SMILES string of the molecule is Cc1ccc2c(c1C)C(=C(C#N)C#N)CC2=O. The average molecular weight is 222 g/mol. The van der Waals surface area contributed by atoms with E-state index in [1.807, 2.05) is 32.1 Å². The molecule has 0 atom stereocenters. The zero-order valence-electron chi connectivity index (χ0n) is 9.66. The van der Waals surface area contributed by atoms with E-state index >= 15 is 0 Å². The third kappa shape index (κ3) is 1.53. The van der Waals surface area contributed by atoms with Gasteiger partial charge in [-0.15, -0.1) is 0 Å². The standard InChI is InChI=1S/C14H10N2O/c1-8-3-4-11-13(17)5-12(10(6-15)7-16)14(11)9(8)2/h3-4H,5H2,1-2H3. The van der Waals surface area contributed by atoms with Gasteiger partial charge in [-0.3, -0.25) is 4.79 Å². The first-order valence-electron chi connectivity index (χ1n) is 5.27. The van der Waals surface area contributed by atoms with Crippen LogP contribution in [-0.4, -0.2) is 5.78 Å². The van der Waals surface area contributed by atoms with Crippen LogP contribution >= 0.6 is 0 Å². The molecule has 0 fully saturated rings.